The van der Waals surface area contributed by atoms with Crippen molar-refractivity contribution in [3.63, 3.8) is 0 Å². The van der Waals surface area contributed by atoms with Crippen LogP contribution in [0.2, 0.25) is 5.02 Å². The Morgan fingerprint density at radius 3 is 1.79 bits per heavy atom. The highest BCUT2D eigenvalue weighted by Crippen LogP contribution is 2.31. The van der Waals surface area contributed by atoms with Gasteiger partial charge >= 0.3 is 0 Å². The van der Waals surface area contributed by atoms with Crippen molar-refractivity contribution in [1.82, 2.24) is 0 Å². The van der Waals surface area contributed by atoms with Crippen LogP contribution in [0, 0.1) is 17.5 Å². The van der Waals surface area contributed by atoms with Crippen molar-refractivity contribution in [2.45, 2.75) is 0 Å². The molecule has 24 heavy (non-hydrogen) atoms. The highest BCUT2D eigenvalue weighted by atomic mass is 35.5. The van der Waals surface area contributed by atoms with Crippen molar-refractivity contribution in [2.75, 3.05) is 0 Å². The Morgan fingerprint density at radius 1 is 0.708 bits per heavy atom. The number of halogens is 4. The SMILES string of the molecule is C=Cc1ccc(-c2ccc(-c3ccc(Cl)c(F)c3)c(F)c2)c(F)c1. The molecule has 120 valence electrons. The van der Waals surface area contributed by atoms with E-state index >= 15 is 0 Å². The zero-order valence-corrected chi connectivity index (χ0v) is 13.2. The number of hydrogen-bond donors (Lipinski definition) is 0. The van der Waals surface area contributed by atoms with E-state index in [1.807, 2.05) is 0 Å². The van der Waals surface area contributed by atoms with Crippen molar-refractivity contribution >= 4 is 17.7 Å². The van der Waals surface area contributed by atoms with Gasteiger partial charge in [0.2, 0.25) is 0 Å². The lowest BCUT2D eigenvalue weighted by Gasteiger charge is -2.09. The van der Waals surface area contributed by atoms with E-state index in [2.05, 4.69) is 6.58 Å². The lowest BCUT2D eigenvalue weighted by atomic mass is 9.98. The molecule has 0 nitrogen and oxygen atoms in total. The fourth-order valence-corrected chi connectivity index (χ4v) is 2.59. The number of hydrogen-bond acceptors (Lipinski definition) is 0. The second-order valence-electron chi connectivity index (χ2n) is 5.27. The van der Waals surface area contributed by atoms with Crippen LogP contribution in [0.5, 0.6) is 0 Å². The van der Waals surface area contributed by atoms with Crippen LogP contribution in [0.3, 0.4) is 0 Å². The Hall–Kier alpha value is -2.52. The first-order valence-corrected chi connectivity index (χ1v) is 7.54. The topological polar surface area (TPSA) is 0 Å². The summed E-state index contributed by atoms with van der Waals surface area (Å²) in [5.41, 5.74) is 1.91. The third-order valence-electron chi connectivity index (χ3n) is 3.74. The first-order chi connectivity index (χ1) is 11.5. The Labute approximate surface area is 142 Å². The maximum Gasteiger partial charge on any atom is 0.142 e. The second-order valence-corrected chi connectivity index (χ2v) is 5.67. The van der Waals surface area contributed by atoms with E-state index in [0.29, 0.717) is 16.7 Å². The molecule has 0 saturated heterocycles. The van der Waals surface area contributed by atoms with Crippen molar-refractivity contribution < 1.29 is 13.2 Å². The summed E-state index contributed by atoms with van der Waals surface area (Å²) in [6, 6.07) is 13.0. The Kier molecular flexibility index (Phi) is 4.45. The quantitative estimate of drug-likeness (QED) is 0.494. The van der Waals surface area contributed by atoms with Gasteiger partial charge in [0, 0.05) is 11.1 Å². The van der Waals surface area contributed by atoms with E-state index in [4.69, 9.17) is 11.6 Å². The average molecular weight is 345 g/mol. The Balaban J connectivity index is 2.04. The molecule has 0 spiro atoms. The summed E-state index contributed by atoms with van der Waals surface area (Å²) in [6.07, 6.45) is 1.53. The molecule has 0 aromatic heterocycles. The minimum Gasteiger partial charge on any atom is -0.206 e. The number of rotatable bonds is 3. The minimum absolute atomic E-state index is 0.0276. The van der Waals surface area contributed by atoms with E-state index in [1.54, 1.807) is 18.2 Å². The van der Waals surface area contributed by atoms with Gasteiger partial charge in [0.15, 0.2) is 0 Å². The molecule has 0 bridgehead atoms. The van der Waals surface area contributed by atoms with Crippen molar-refractivity contribution in [2.24, 2.45) is 0 Å². The molecule has 0 aliphatic heterocycles. The minimum atomic E-state index is -0.622. The highest BCUT2D eigenvalue weighted by molar-refractivity contribution is 6.30. The molecule has 3 rings (SSSR count). The fraction of sp³-hybridized carbons (Fsp3) is 0. The van der Waals surface area contributed by atoms with E-state index in [0.717, 1.165) is 0 Å². The maximum atomic E-state index is 14.4. The Morgan fingerprint density at radius 2 is 1.25 bits per heavy atom. The number of benzene rings is 3. The van der Waals surface area contributed by atoms with Gasteiger partial charge in [-0.15, -0.1) is 0 Å². The zero-order valence-electron chi connectivity index (χ0n) is 12.5. The van der Waals surface area contributed by atoms with E-state index < -0.39 is 17.5 Å². The van der Waals surface area contributed by atoms with Crippen LogP contribution >= 0.6 is 11.6 Å². The molecule has 0 heterocycles. The third-order valence-corrected chi connectivity index (χ3v) is 4.05. The van der Waals surface area contributed by atoms with Crippen molar-refractivity contribution in [1.29, 1.82) is 0 Å². The van der Waals surface area contributed by atoms with Crippen LogP contribution in [-0.2, 0) is 0 Å². The molecule has 3 aromatic rings. The van der Waals surface area contributed by atoms with Crippen molar-refractivity contribution in [3.05, 3.63) is 89.2 Å². The third kappa shape index (κ3) is 3.08. The molecular formula is C20H12ClF3. The van der Waals surface area contributed by atoms with Gasteiger partial charge in [-0.25, -0.2) is 13.2 Å². The molecule has 0 unspecified atom stereocenters. The van der Waals surface area contributed by atoms with Crippen LogP contribution < -0.4 is 0 Å². The largest absolute Gasteiger partial charge is 0.206 e. The highest BCUT2D eigenvalue weighted by Gasteiger charge is 2.12. The van der Waals surface area contributed by atoms with Gasteiger partial charge in [0.1, 0.15) is 17.5 Å². The molecule has 0 radical (unpaired) electrons. The lowest BCUT2D eigenvalue weighted by molar-refractivity contribution is 0.624. The summed E-state index contributed by atoms with van der Waals surface area (Å²) in [5, 5.41) is -0.0276. The van der Waals surface area contributed by atoms with E-state index in [-0.39, 0.29) is 16.1 Å². The van der Waals surface area contributed by atoms with E-state index in [1.165, 1.54) is 42.5 Å². The summed E-state index contributed by atoms with van der Waals surface area (Å²) < 4.78 is 42.1. The van der Waals surface area contributed by atoms with Crippen LogP contribution in [-0.4, -0.2) is 0 Å². The van der Waals surface area contributed by atoms with Gasteiger partial charge in [-0.2, -0.15) is 0 Å². The summed E-state index contributed by atoms with van der Waals surface area (Å²) >= 11 is 5.64. The fourth-order valence-electron chi connectivity index (χ4n) is 2.47. The van der Waals surface area contributed by atoms with Crippen LogP contribution in [0.4, 0.5) is 13.2 Å². The van der Waals surface area contributed by atoms with Gasteiger partial charge < -0.3 is 0 Å². The standard InChI is InChI=1S/C20H12ClF3/c1-2-12-3-6-15(18(22)9-12)13-4-7-16(19(23)10-13)14-5-8-17(21)20(24)11-14/h2-11H,1H2. The van der Waals surface area contributed by atoms with Crippen LogP contribution in [0.25, 0.3) is 28.3 Å². The molecule has 3 aromatic carbocycles. The molecule has 0 atom stereocenters. The summed E-state index contributed by atoms with van der Waals surface area (Å²) in [4.78, 5) is 0. The van der Waals surface area contributed by atoms with Gasteiger partial charge in [-0.1, -0.05) is 54.6 Å². The predicted octanol–water partition coefficient (Wildman–Crippen LogP) is 6.73. The summed E-state index contributed by atoms with van der Waals surface area (Å²) in [6.45, 7) is 3.58. The summed E-state index contributed by atoms with van der Waals surface area (Å²) in [7, 11) is 0. The van der Waals surface area contributed by atoms with Gasteiger partial charge in [-0.05, 0) is 41.0 Å². The van der Waals surface area contributed by atoms with Crippen LogP contribution in [0.15, 0.2) is 61.2 Å². The first-order valence-electron chi connectivity index (χ1n) is 7.17. The van der Waals surface area contributed by atoms with Gasteiger partial charge in [0.05, 0.1) is 5.02 Å². The Bertz CT molecular complexity index is 932. The second kappa shape index (κ2) is 6.54. The molecule has 0 aliphatic rings. The first kappa shape index (κ1) is 16.3. The van der Waals surface area contributed by atoms with Gasteiger partial charge in [-0.3, -0.25) is 0 Å². The predicted molar refractivity (Wildman–Crippen MR) is 92.3 cm³/mol. The lowest BCUT2D eigenvalue weighted by Crippen LogP contribution is -1.90. The monoisotopic (exact) mass is 344 g/mol. The van der Waals surface area contributed by atoms with Crippen molar-refractivity contribution in [3.8, 4) is 22.3 Å². The average Bonchev–Trinajstić information content (AvgIpc) is 2.57. The molecule has 0 aliphatic carbocycles. The normalized spacial score (nSPS) is 10.7. The molecular weight excluding hydrogens is 333 g/mol. The van der Waals surface area contributed by atoms with Gasteiger partial charge in [0.25, 0.3) is 0 Å². The molecule has 0 N–H and O–H groups in total. The maximum absolute atomic E-state index is 14.4. The van der Waals surface area contributed by atoms with Crippen LogP contribution in [0.1, 0.15) is 5.56 Å². The van der Waals surface area contributed by atoms with E-state index in [9.17, 15) is 13.2 Å². The molecule has 4 heteroatoms. The molecule has 0 amide bonds. The molecule has 0 fully saturated rings. The zero-order chi connectivity index (χ0) is 17.3. The summed E-state index contributed by atoms with van der Waals surface area (Å²) in [5.74, 6) is -1.65. The smallest absolute Gasteiger partial charge is 0.142 e. The molecule has 0 saturated carbocycles.